The predicted molar refractivity (Wildman–Crippen MR) is 107 cm³/mol. The Hall–Kier alpha value is -1.18. The maximum Gasteiger partial charge on any atom is 0.233 e. The van der Waals surface area contributed by atoms with Gasteiger partial charge in [-0.2, -0.15) is 0 Å². The van der Waals surface area contributed by atoms with E-state index in [4.69, 9.17) is 12.2 Å². The molecule has 1 saturated heterocycles. The van der Waals surface area contributed by atoms with Crippen LogP contribution in [0.3, 0.4) is 0 Å². The van der Waals surface area contributed by atoms with Gasteiger partial charge in [0.2, 0.25) is 5.91 Å². The molecule has 1 aromatic carbocycles. The van der Waals surface area contributed by atoms with Crippen molar-refractivity contribution in [2.24, 2.45) is 0 Å². The average molecular weight is 394 g/mol. The van der Waals surface area contributed by atoms with E-state index in [1.54, 1.807) is 4.68 Å². The fourth-order valence-electron chi connectivity index (χ4n) is 3.23. The molecule has 0 saturated carbocycles. The van der Waals surface area contributed by atoms with Gasteiger partial charge in [-0.05, 0) is 56.5 Å². The summed E-state index contributed by atoms with van der Waals surface area (Å²) < 4.78 is 3.37. The number of benzene rings is 1. The number of para-hydroxylation sites is 1. The number of hydrogen-bond donors (Lipinski definition) is 0. The van der Waals surface area contributed by atoms with E-state index in [1.807, 2.05) is 31.2 Å². The van der Waals surface area contributed by atoms with Crippen molar-refractivity contribution in [1.29, 1.82) is 0 Å². The molecule has 2 heterocycles. The predicted octanol–water partition coefficient (Wildman–Crippen LogP) is 4.85. The molecule has 1 aliphatic heterocycles. The number of likely N-dealkylation sites (tertiary alicyclic amines) is 1. The molecular weight excluding hydrogens is 370 g/mol. The fraction of sp³-hybridized carbons (Fsp3) is 0.500. The third kappa shape index (κ3) is 4.33. The first-order chi connectivity index (χ1) is 12.1. The summed E-state index contributed by atoms with van der Waals surface area (Å²) in [5.41, 5.74) is 2.14. The molecule has 1 aromatic heterocycles. The SMILES string of the molecule is CC[C@@H]1CCCCN1C(=O)CSc1nn(-c2ccccc2C)c(=S)s1. The number of hydrogen-bond acceptors (Lipinski definition) is 5. The summed E-state index contributed by atoms with van der Waals surface area (Å²) in [5, 5.41) is 4.62. The summed E-state index contributed by atoms with van der Waals surface area (Å²) in [4.78, 5) is 14.7. The van der Waals surface area contributed by atoms with E-state index in [0.29, 0.717) is 15.7 Å². The third-order valence-corrected chi connectivity index (χ3v) is 6.96. The molecule has 25 heavy (non-hydrogen) atoms. The molecule has 0 aliphatic carbocycles. The lowest BCUT2D eigenvalue weighted by Crippen LogP contribution is -2.44. The smallest absolute Gasteiger partial charge is 0.233 e. The second kappa shape index (κ2) is 8.47. The van der Waals surface area contributed by atoms with Gasteiger partial charge in [-0.1, -0.05) is 48.2 Å². The first-order valence-electron chi connectivity index (χ1n) is 8.68. The monoisotopic (exact) mass is 393 g/mol. The quantitative estimate of drug-likeness (QED) is 0.537. The lowest BCUT2D eigenvalue weighted by Gasteiger charge is -2.35. The molecule has 1 aliphatic rings. The molecule has 0 radical (unpaired) electrons. The highest BCUT2D eigenvalue weighted by Gasteiger charge is 2.25. The van der Waals surface area contributed by atoms with E-state index in [1.165, 1.54) is 29.5 Å². The van der Waals surface area contributed by atoms with Gasteiger partial charge in [-0.25, -0.2) is 4.68 Å². The van der Waals surface area contributed by atoms with Crippen molar-refractivity contribution in [3.63, 3.8) is 0 Å². The molecule has 7 heteroatoms. The van der Waals surface area contributed by atoms with Crippen molar-refractivity contribution in [3.8, 4) is 5.69 Å². The van der Waals surface area contributed by atoms with Crippen LogP contribution in [0.5, 0.6) is 0 Å². The molecule has 1 fully saturated rings. The van der Waals surface area contributed by atoms with Crippen LogP contribution in [0.15, 0.2) is 28.6 Å². The van der Waals surface area contributed by atoms with Gasteiger partial charge in [0, 0.05) is 12.6 Å². The summed E-state index contributed by atoms with van der Waals surface area (Å²) >= 11 is 8.44. The van der Waals surface area contributed by atoms with Crippen molar-refractivity contribution in [2.45, 2.75) is 49.9 Å². The van der Waals surface area contributed by atoms with Crippen LogP contribution >= 0.6 is 35.3 Å². The molecule has 0 bridgehead atoms. The summed E-state index contributed by atoms with van der Waals surface area (Å²) in [6.07, 6.45) is 4.52. The normalized spacial score (nSPS) is 17.7. The minimum absolute atomic E-state index is 0.222. The minimum Gasteiger partial charge on any atom is -0.339 e. The van der Waals surface area contributed by atoms with Gasteiger partial charge in [-0.3, -0.25) is 4.79 Å². The maximum absolute atomic E-state index is 12.6. The summed E-state index contributed by atoms with van der Waals surface area (Å²) in [5.74, 6) is 0.659. The van der Waals surface area contributed by atoms with E-state index < -0.39 is 0 Å². The first kappa shape index (κ1) is 18.6. The van der Waals surface area contributed by atoms with Crippen molar-refractivity contribution >= 4 is 41.2 Å². The van der Waals surface area contributed by atoms with Crippen LogP contribution in [0.4, 0.5) is 0 Å². The second-order valence-corrected chi connectivity index (χ2v) is 9.11. The third-order valence-electron chi connectivity index (χ3n) is 4.61. The highest BCUT2D eigenvalue weighted by atomic mass is 32.2. The number of carbonyl (C=O) groups is 1. The van der Waals surface area contributed by atoms with E-state index in [0.717, 1.165) is 41.4 Å². The van der Waals surface area contributed by atoms with Gasteiger partial charge < -0.3 is 4.90 Å². The topological polar surface area (TPSA) is 38.1 Å². The molecule has 1 atom stereocenters. The average Bonchev–Trinajstić information content (AvgIpc) is 3.00. The Bertz CT molecular complexity index is 799. The van der Waals surface area contributed by atoms with Crippen molar-refractivity contribution in [2.75, 3.05) is 12.3 Å². The lowest BCUT2D eigenvalue weighted by atomic mass is 10.0. The van der Waals surface area contributed by atoms with Crippen molar-refractivity contribution in [1.82, 2.24) is 14.7 Å². The van der Waals surface area contributed by atoms with E-state index in [-0.39, 0.29) is 5.91 Å². The number of rotatable bonds is 5. The van der Waals surface area contributed by atoms with Crippen molar-refractivity contribution < 1.29 is 4.79 Å². The van der Waals surface area contributed by atoms with Crippen molar-refractivity contribution in [3.05, 3.63) is 33.8 Å². The standard InChI is InChI=1S/C18H23N3OS3/c1-3-14-9-6-7-11-20(14)16(22)12-24-17-19-21(18(23)25-17)15-10-5-4-8-13(15)2/h4-5,8,10,14H,3,6-7,9,11-12H2,1-2H3/t14-/m1/s1. The summed E-state index contributed by atoms with van der Waals surface area (Å²) in [6.45, 7) is 5.11. The molecule has 0 unspecified atom stereocenters. The van der Waals surface area contributed by atoms with E-state index in [2.05, 4.69) is 16.9 Å². The van der Waals surface area contributed by atoms with Crippen LogP contribution in [-0.2, 0) is 4.79 Å². The van der Waals surface area contributed by atoms with Gasteiger partial charge in [0.05, 0.1) is 11.4 Å². The zero-order valence-electron chi connectivity index (χ0n) is 14.6. The van der Waals surface area contributed by atoms with Crippen LogP contribution in [0.1, 0.15) is 38.2 Å². The van der Waals surface area contributed by atoms with Gasteiger partial charge in [0.1, 0.15) is 0 Å². The Morgan fingerprint density at radius 1 is 1.40 bits per heavy atom. The summed E-state index contributed by atoms with van der Waals surface area (Å²) in [6, 6.07) is 8.47. The number of thioether (sulfide) groups is 1. The van der Waals surface area contributed by atoms with Crippen LogP contribution in [0.25, 0.3) is 5.69 Å². The maximum atomic E-state index is 12.6. The number of piperidine rings is 1. The zero-order valence-corrected chi connectivity index (χ0v) is 17.1. The second-order valence-electron chi connectivity index (χ2n) is 6.27. The van der Waals surface area contributed by atoms with Crippen LogP contribution < -0.4 is 0 Å². The summed E-state index contributed by atoms with van der Waals surface area (Å²) in [7, 11) is 0. The largest absolute Gasteiger partial charge is 0.339 e. The van der Waals surface area contributed by atoms with Crippen LogP contribution in [0, 0.1) is 10.9 Å². The van der Waals surface area contributed by atoms with E-state index in [9.17, 15) is 4.79 Å². The van der Waals surface area contributed by atoms with E-state index >= 15 is 0 Å². The van der Waals surface area contributed by atoms with Gasteiger partial charge in [0.25, 0.3) is 0 Å². The fourth-order valence-corrected chi connectivity index (χ4v) is 5.47. The van der Waals surface area contributed by atoms with Gasteiger partial charge in [-0.15, -0.1) is 5.10 Å². The van der Waals surface area contributed by atoms with Gasteiger partial charge in [0.15, 0.2) is 8.29 Å². The molecular formula is C18H23N3OS3. The molecule has 3 rings (SSSR count). The minimum atomic E-state index is 0.222. The molecule has 134 valence electrons. The Labute approximate surface area is 162 Å². The van der Waals surface area contributed by atoms with Gasteiger partial charge >= 0.3 is 0 Å². The molecule has 1 amide bonds. The Kier molecular flexibility index (Phi) is 6.30. The highest BCUT2D eigenvalue weighted by Crippen LogP contribution is 2.27. The van der Waals surface area contributed by atoms with Crippen LogP contribution in [0.2, 0.25) is 0 Å². The Balaban J connectivity index is 1.68. The molecule has 0 spiro atoms. The lowest BCUT2D eigenvalue weighted by molar-refractivity contribution is -0.132. The number of carbonyl (C=O) groups excluding carboxylic acids is 1. The number of nitrogens with zero attached hydrogens (tertiary/aromatic N) is 3. The number of aryl methyl sites for hydroxylation is 1. The van der Waals surface area contributed by atoms with Crippen LogP contribution in [-0.4, -0.2) is 38.9 Å². The molecule has 2 aromatic rings. The number of aromatic nitrogens is 2. The number of amides is 1. The Morgan fingerprint density at radius 2 is 2.20 bits per heavy atom. The zero-order chi connectivity index (χ0) is 17.8. The molecule has 0 N–H and O–H groups in total. The molecule has 4 nitrogen and oxygen atoms in total. The highest BCUT2D eigenvalue weighted by molar-refractivity contribution is 8.01. The Morgan fingerprint density at radius 3 is 2.96 bits per heavy atom. The first-order valence-corrected chi connectivity index (χ1v) is 10.9.